The van der Waals surface area contributed by atoms with Gasteiger partial charge in [-0.3, -0.25) is 0 Å². The second kappa shape index (κ2) is 3.92. The van der Waals surface area contributed by atoms with Crippen molar-refractivity contribution in [2.45, 2.75) is 38.3 Å². The van der Waals surface area contributed by atoms with Crippen molar-refractivity contribution < 1.29 is 0 Å². The molecule has 0 spiro atoms. The van der Waals surface area contributed by atoms with Crippen LogP contribution in [0.15, 0.2) is 18.7 Å². The fourth-order valence-electron chi connectivity index (χ4n) is 2.17. The highest BCUT2D eigenvalue weighted by Gasteiger charge is 2.21. The van der Waals surface area contributed by atoms with E-state index < -0.39 is 0 Å². The summed E-state index contributed by atoms with van der Waals surface area (Å²) in [6.45, 7) is 0.921. The van der Waals surface area contributed by atoms with Gasteiger partial charge in [0.25, 0.3) is 0 Å². The van der Waals surface area contributed by atoms with Gasteiger partial charge < -0.3 is 10.3 Å². The first-order chi connectivity index (χ1) is 6.36. The molecule has 0 aromatic carbocycles. The van der Waals surface area contributed by atoms with Gasteiger partial charge in [-0.15, -0.1) is 0 Å². The summed E-state index contributed by atoms with van der Waals surface area (Å²) in [4.78, 5) is 4.01. The van der Waals surface area contributed by atoms with E-state index in [9.17, 15) is 0 Å². The predicted octanol–water partition coefficient (Wildman–Crippen LogP) is 1.40. The molecule has 3 heteroatoms. The van der Waals surface area contributed by atoms with E-state index in [1.54, 1.807) is 6.20 Å². The quantitative estimate of drug-likeness (QED) is 0.762. The van der Waals surface area contributed by atoms with Crippen LogP contribution in [0.5, 0.6) is 0 Å². The zero-order chi connectivity index (χ0) is 9.10. The van der Waals surface area contributed by atoms with E-state index in [1.165, 1.54) is 25.7 Å². The summed E-state index contributed by atoms with van der Waals surface area (Å²) >= 11 is 0. The average Bonchev–Trinajstić information content (AvgIpc) is 2.74. The number of aromatic nitrogens is 2. The Balaban J connectivity index is 1.87. The summed E-state index contributed by atoms with van der Waals surface area (Å²) in [5.41, 5.74) is 6.12. The van der Waals surface area contributed by atoms with E-state index >= 15 is 0 Å². The lowest BCUT2D eigenvalue weighted by atomic mass is 9.99. The summed E-state index contributed by atoms with van der Waals surface area (Å²) < 4.78 is 2.07. The van der Waals surface area contributed by atoms with Gasteiger partial charge >= 0.3 is 0 Å². The van der Waals surface area contributed by atoms with Gasteiger partial charge in [-0.25, -0.2) is 4.98 Å². The normalized spacial score (nSPS) is 20.7. The van der Waals surface area contributed by atoms with Crippen molar-refractivity contribution in [3.8, 4) is 0 Å². The van der Waals surface area contributed by atoms with Crippen LogP contribution in [0.3, 0.4) is 0 Å². The maximum absolute atomic E-state index is 6.12. The van der Waals surface area contributed by atoms with Crippen LogP contribution >= 0.6 is 0 Å². The molecule has 1 saturated carbocycles. The molecule has 1 aromatic heterocycles. The second-order valence-electron chi connectivity index (χ2n) is 3.97. The molecule has 0 bridgehead atoms. The van der Waals surface area contributed by atoms with Crippen molar-refractivity contribution in [1.29, 1.82) is 0 Å². The van der Waals surface area contributed by atoms with E-state index in [0.717, 1.165) is 12.5 Å². The minimum absolute atomic E-state index is 0.316. The van der Waals surface area contributed by atoms with Crippen LogP contribution < -0.4 is 5.73 Å². The molecule has 72 valence electrons. The molecule has 1 heterocycles. The fraction of sp³-hybridized carbons (Fsp3) is 0.700. The number of rotatable bonds is 3. The lowest BCUT2D eigenvalue weighted by Gasteiger charge is -2.18. The van der Waals surface area contributed by atoms with E-state index in [1.807, 2.05) is 12.5 Å². The Labute approximate surface area is 79.0 Å². The van der Waals surface area contributed by atoms with E-state index in [2.05, 4.69) is 9.55 Å². The van der Waals surface area contributed by atoms with Crippen molar-refractivity contribution in [3.63, 3.8) is 0 Å². The smallest absolute Gasteiger partial charge is 0.0946 e. The van der Waals surface area contributed by atoms with Gasteiger partial charge in [0.2, 0.25) is 0 Å². The molecule has 1 atom stereocenters. The average molecular weight is 179 g/mol. The molecule has 3 nitrogen and oxygen atoms in total. The zero-order valence-corrected chi connectivity index (χ0v) is 7.89. The first-order valence-corrected chi connectivity index (χ1v) is 5.07. The number of imidazole rings is 1. The first-order valence-electron chi connectivity index (χ1n) is 5.07. The zero-order valence-electron chi connectivity index (χ0n) is 7.89. The van der Waals surface area contributed by atoms with Crippen LogP contribution in [-0.2, 0) is 6.54 Å². The molecule has 0 radical (unpaired) electrons. The largest absolute Gasteiger partial charge is 0.336 e. The Bertz CT molecular complexity index is 237. The molecule has 1 aliphatic carbocycles. The van der Waals surface area contributed by atoms with Gasteiger partial charge in [-0.2, -0.15) is 0 Å². The van der Waals surface area contributed by atoms with Crippen LogP contribution in [-0.4, -0.2) is 15.6 Å². The minimum atomic E-state index is 0.316. The van der Waals surface area contributed by atoms with Crippen molar-refractivity contribution in [3.05, 3.63) is 18.7 Å². The molecule has 1 unspecified atom stereocenters. The van der Waals surface area contributed by atoms with Crippen LogP contribution in [0, 0.1) is 5.92 Å². The van der Waals surface area contributed by atoms with E-state index in [0.29, 0.717) is 6.04 Å². The van der Waals surface area contributed by atoms with Gasteiger partial charge in [0.15, 0.2) is 0 Å². The van der Waals surface area contributed by atoms with Crippen LogP contribution in [0.4, 0.5) is 0 Å². The number of nitrogens with zero attached hydrogens (tertiary/aromatic N) is 2. The SMILES string of the molecule is NC(Cn1ccnc1)C1CCCC1. The molecule has 2 rings (SSSR count). The summed E-state index contributed by atoms with van der Waals surface area (Å²) in [7, 11) is 0. The van der Waals surface area contributed by atoms with Gasteiger partial charge in [0, 0.05) is 25.0 Å². The Morgan fingerprint density at radius 2 is 2.23 bits per heavy atom. The van der Waals surface area contributed by atoms with Crippen LogP contribution in [0.2, 0.25) is 0 Å². The van der Waals surface area contributed by atoms with Crippen molar-refractivity contribution in [1.82, 2.24) is 9.55 Å². The topological polar surface area (TPSA) is 43.8 Å². The molecule has 13 heavy (non-hydrogen) atoms. The molecule has 0 aliphatic heterocycles. The predicted molar refractivity (Wildman–Crippen MR) is 52.2 cm³/mol. The van der Waals surface area contributed by atoms with Crippen molar-refractivity contribution >= 4 is 0 Å². The molecule has 2 N–H and O–H groups in total. The molecule has 1 aromatic rings. The van der Waals surface area contributed by atoms with Crippen LogP contribution in [0.25, 0.3) is 0 Å². The Kier molecular flexibility index (Phi) is 2.64. The number of nitrogens with two attached hydrogens (primary N) is 1. The second-order valence-corrected chi connectivity index (χ2v) is 3.97. The van der Waals surface area contributed by atoms with E-state index in [4.69, 9.17) is 5.73 Å². The van der Waals surface area contributed by atoms with Gasteiger partial charge in [0.05, 0.1) is 6.33 Å². The van der Waals surface area contributed by atoms with Crippen molar-refractivity contribution in [2.24, 2.45) is 11.7 Å². The molecule has 0 amide bonds. The lowest BCUT2D eigenvalue weighted by molar-refractivity contribution is 0.387. The highest BCUT2D eigenvalue weighted by molar-refractivity contribution is 4.82. The third-order valence-electron chi connectivity index (χ3n) is 2.99. The highest BCUT2D eigenvalue weighted by atomic mass is 15.0. The Hall–Kier alpha value is -0.830. The Morgan fingerprint density at radius 3 is 2.85 bits per heavy atom. The fourth-order valence-corrected chi connectivity index (χ4v) is 2.17. The summed E-state index contributed by atoms with van der Waals surface area (Å²) in [5.74, 6) is 0.738. The molecule has 0 saturated heterocycles. The van der Waals surface area contributed by atoms with E-state index in [-0.39, 0.29) is 0 Å². The summed E-state index contributed by atoms with van der Waals surface area (Å²) in [6, 6.07) is 0.316. The third kappa shape index (κ3) is 2.10. The maximum atomic E-state index is 6.12. The van der Waals surface area contributed by atoms with Gasteiger partial charge in [-0.1, -0.05) is 12.8 Å². The van der Waals surface area contributed by atoms with Crippen LogP contribution in [0.1, 0.15) is 25.7 Å². The Morgan fingerprint density at radius 1 is 1.46 bits per heavy atom. The van der Waals surface area contributed by atoms with Crippen molar-refractivity contribution in [2.75, 3.05) is 0 Å². The third-order valence-corrected chi connectivity index (χ3v) is 2.99. The van der Waals surface area contributed by atoms with Gasteiger partial charge in [0.1, 0.15) is 0 Å². The first kappa shape index (κ1) is 8.75. The highest BCUT2D eigenvalue weighted by Crippen LogP contribution is 2.27. The minimum Gasteiger partial charge on any atom is -0.336 e. The molecular formula is C10H17N3. The summed E-state index contributed by atoms with van der Waals surface area (Å²) in [5, 5.41) is 0. The monoisotopic (exact) mass is 179 g/mol. The molecular weight excluding hydrogens is 162 g/mol. The number of hydrogen-bond acceptors (Lipinski definition) is 2. The lowest BCUT2D eigenvalue weighted by Crippen LogP contribution is -2.32. The number of hydrogen-bond donors (Lipinski definition) is 1. The maximum Gasteiger partial charge on any atom is 0.0946 e. The molecule has 1 aliphatic rings. The summed E-state index contributed by atoms with van der Waals surface area (Å²) in [6.07, 6.45) is 11.0. The van der Waals surface area contributed by atoms with Gasteiger partial charge in [-0.05, 0) is 18.8 Å². The molecule has 1 fully saturated rings. The standard InChI is InChI=1S/C10H17N3/c11-10(9-3-1-2-4-9)7-13-6-5-12-8-13/h5-6,8-10H,1-4,7,11H2.